The van der Waals surface area contributed by atoms with Crippen molar-refractivity contribution >= 4 is 28.8 Å². The van der Waals surface area contributed by atoms with Crippen molar-refractivity contribution in [2.45, 2.75) is 20.8 Å². The molecule has 19 heavy (non-hydrogen) atoms. The molecule has 1 rings (SSSR count). The van der Waals surface area contributed by atoms with Crippen molar-refractivity contribution in [1.29, 1.82) is 0 Å². The Morgan fingerprint density at radius 1 is 1.42 bits per heavy atom. The maximum absolute atomic E-state index is 12.2. The zero-order valence-corrected chi connectivity index (χ0v) is 12.3. The first-order chi connectivity index (χ1) is 8.97. The van der Waals surface area contributed by atoms with Gasteiger partial charge in [-0.05, 0) is 25.0 Å². The number of carbonyl (C=O) groups excluding carboxylic acids is 1. The molecule has 0 heterocycles. The molecule has 0 spiro atoms. The average molecular weight is 280 g/mol. The Balaban J connectivity index is 2.89. The van der Waals surface area contributed by atoms with Crippen molar-refractivity contribution in [3.05, 3.63) is 24.3 Å². The van der Waals surface area contributed by atoms with Gasteiger partial charge in [-0.1, -0.05) is 38.2 Å². The minimum atomic E-state index is -0.482. The topological polar surface area (TPSA) is 64.3 Å². The summed E-state index contributed by atoms with van der Waals surface area (Å²) in [4.78, 5) is 12.4. The molecule has 104 valence electrons. The summed E-state index contributed by atoms with van der Waals surface area (Å²) in [7, 11) is 0. The molecule has 0 aromatic heterocycles. The van der Waals surface area contributed by atoms with Crippen LogP contribution in [0.2, 0.25) is 0 Å². The summed E-state index contributed by atoms with van der Waals surface area (Å²) in [6, 6.07) is 7.29. The predicted molar refractivity (Wildman–Crippen MR) is 81.4 cm³/mol. The van der Waals surface area contributed by atoms with Crippen LogP contribution in [-0.4, -0.2) is 17.5 Å². The lowest BCUT2D eigenvalue weighted by Gasteiger charge is -2.19. The number of ether oxygens (including phenoxy) is 1. The molecule has 0 aliphatic heterocycles. The molecule has 0 saturated carbocycles. The van der Waals surface area contributed by atoms with Crippen molar-refractivity contribution in [2.75, 3.05) is 11.9 Å². The van der Waals surface area contributed by atoms with Crippen LogP contribution in [0.15, 0.2) is 24.3 Å². The zero-order valence-electron chi connectivity index (χ0n) is 11.5. The minimum Gasteiger partial charge on any atom is -0.492 e. The van der Waals surface area contributed by atoms with Crippen molar-refractivity contribution in [3.8, 4) is 5.75 Å². The summed E-state index contributed by atoms with van der Waals surface area (Å²) in [6.07, 6.45) is 0. The molecule has 1 aromatic rings. The lowest BCUT2D eigenvalue weighted by atomic mass is 9.95. The molecule has 0 bridgehead atoms. The summed E-state index contributed by atoms with van der Waals surface area (Å²) < 4.78 is 5.46. The second-order valence-corrected chi connectivity index (χ2v) is 5.01. The van der Waals surface area contributed by atoms with E-state index in [2.05, 4.69) is 5.32 Å². The zero-order chi connectivity index (χ0) is 14.4. The minimum absolute atomic E-state index is 0.0526. The average Bonchev–Trinajstić information content (AvgIpc) is 2.30. The Labute approximate surface area is 119 Å². The molecule has 5 heteroatoms. The molecular weight excluding hydrogens is 260 g/mol. The third kappa shape index (κ3) is 4.21. The van der Waals surface area contributed by atoms with Crippen LogP contribution in [0.1, 0.15) is 20.8 Å². The van der Waals surface area contributed by atoms with E-state index in [4.69, 9.17) is 22.7 Å². The standard InChI is InChI=1S/C14H20N2O2S/c1-4-18-11-8-6-5-7-10(11)16-14(17)12(9(2)3)13(15)19/h5-9,12H,4H2,1-3H3,(H2,15,19)(H,16,17). The van der Waals surface area contributed by atoms with Gasteiger partial charge in [0.05, 0.1) is 23.2 Å². The predicted octanol–water partition coefficient (Wildman–Crippen LogP) is 2.58. The van der Waals surface area contributed by atoms with Crippen LogP contribution in [-0.2, 0) is 4.79 Å². The Kier molecular flexibility index (Phi) is 5.76. The van der Waals surface area contributed by atoms with Crippen molar-refractivity contribution < 1.29 is 9.53 Å². The third-order valence-electron chi connectivity index (χ3n) is 2.70. The van der Waals surface area contributed by atoms with Gasteiger partial charge in [-0.3, -0.25) is 4.79 Å². The number of thiocarbonyl (C=S) groups is 1. The molecule has 0 saturated heterocycles. The van der Waals surface area contributed by atoms with E-state index in [1.54, 1.807) is 6.07 Å². The Morgan fingerprint density at radius 3 is 2.58 bits per heavy atom. The molecule has 1 atom stereocenters. The lowest BCUT2D eigenvalue weighted by Crippen LogP contribution is -2.36. The van der Waals surface area contributed by atoms with E-state index in [0.29, 0.717) is 18.0 Å². The molecule has 0 radical (unpaired) electrons. The van der Waals surface area contributed by atoms with Crippen molar-refractivity contribution in [2.24, 2.45) is 17.6 Å². The van der Waals surface area contributed by atoms with Crippen LogP contribution in [0, 0.1) is 11.8 Å². The fourth-order valence-electron chi connectivity index (χ4n) is 1.82. The number of para-hydroxylation sites is 2. The highest BCUT2D eigenvalue weighted by Gasteiger charge is 2.25. The van der Waals surface area contributed by atoms with Crippen LogP contribution < -0.4 is 15.8 Å². The number of carbonyl (C=O) groups is 1. The Hall–Kier alpha value is -1.62. The number of benzene rings is 1. The summed E-state index contributed by atoms with van der Waals surface area (Å²) in [6.45, 7) is 6.26. The van der Waals surface area contributed by atoms with Gasteiger partial charge in [0.25, 0.3) is 0 Å². The molecule has 1 aromatic carbocycles. The highest BCUT2D eigenvalue weighted by Crippen LogP contribution is 2.25. The second-order valence-electron chi connectivity index (χ2n) is 4.54. The van der Waals surface area contributed by atoms with Crippen LogP contribution in [0.25, 0.3) is 0 Å². The van der Waals surface area contributed by atoms with Gasteiger partial charge >= 0.3 is 0 Å². The summed E-state index contributed by atoms with van der Waals surface area (Å²) >= 11 is 4.96. The number of rotatable bonds is 6. The maximum Gasteiger partial charge on any atom is 0.234 e. The number of amides is 1. The summed E-state index contributed by atoms with van der Waals surface area (Å²) in [5.41, 5.74) is 6.26. The smallest absolute Gasteiger partial charge is 0.234 e. The van der Waals surface area contributed by atoms with Crippen LogP contribution in [0.4, 0.5) is 5.69 Å². The van der Waals surface area contributed by atoms with Gasteiger partial charge in [0.15, 0.2) is 0 Å². The van der Waals surface area contributed by atoms with Gasteiger partial charge in [0, 0.05) is 0 Å². The fraction of sp³-hybridized carbons (Fsp3) is 0.429. The first kappa shape index (κ1) is 15.4. The van der Waals surface area contributed by atoms with Crippen LogP contribution >= 0.6 is 12.2 Å². The van der Waals surface area contributed by atoms with Crippen molar-refractivity contribution in [3.63, 3.8) is 0 Å². The number of nitrogens with one attached hydrogen (secondary N) is 1. The normalized spacial score (nSPS) is 12.0. The van der Waals surface area contributed by atoms with E-state index < -0.39 is 5.92 Å². The quantitative estimate of drug-likeness (QED) is 0.786. The summed E-state index contributed by atoms with van der Waals surface area (Å²) in [5.74, 6) is 0.0138. The monoisotopic (exact) mass is 280 g/mol. The van der Waals surface area contributed by atoms with E-state index in [-0.39, 0.29) is 16.8 Å². The SMILES string of the molecule is CCOc1ccccc1NC(=O)C(C(N)=S)C(C)C. The largest absolute Gasteiger partial charge is 0.492 e. The number of anilines is 1. The molecule has 3 N–H and O–H groups in total. The maximum atomic E-state index is 12.2. The highest BCUT2D eigenvalue weighted by atomic mass is 32.1. The number of hydrogen-bond donors (Lipinski definition) is 2. The molecule has 0 aliphatic carbocycles. The van der Waals surface area contributed by atoms with Crippen molar-refractivity contribution in [1.82, 2.24) is 0 Å². The summed E-state index contributed by atoms with van der Waals surface area (Å²) in [5, 5.41) is 2.83. The van der Waals surface area contributed by atoms with Gasteiger partial charge in [-0.2, -0.15) is 0 Å². The second kappa shape index (κ2) is 7.09. The molecule has 4 nitrogen and oxygen atoms in total. The first-order valence-electron chi connectivity index (χ1n) is 6.29. The van der Waals surface area contributed by atoms with E-state index in [9.17, 15) is 4.79 Å². The van der Waals surface area contributed by atoms with Crippen LogP contribution in [0.5, 0.6) is 5.75 Å². The van der Waals surface area contributed by atoms with E-state index in [1.807, 2.05) is 39.0 Å². The molecular formula is C14H20N2O2S. The van der Waals surface area contributed by atoms with Gasteiger partial charge in [0.2, 0.25) is 5.91 Å². The molecule has 1 unspecified atom stereocenters. The Morgan fingerprint density at radius 2 is 2.05 bits per heavy atom. The van der Waals surface area contributed by atoms with E-state index in [0.717, 1.165) is 0 Å². The number of hydrogen-bond acceptors (Lipinski definition) is 3. The van der Waals surface area contributed by atoms with E-state index in [1.165, 1.54) is 0 Å². The van der Waals surface area contributed by atoms with Crippen LogP contribution in [0.3, 0.4) is 0 Å². The molecule has 1 amide bonds. The van der Waals surface area contributed by atoms with Gasteiger partial charge in [-0.25, -0.2) is 0 Å². The molecule has 0 aliphatic rings. The third-order valence-corrected chi connectivity index (χ3v) is 2.95. The highest BCUT2D eigenvalue weighted by molar-refractivity contribution is 7.80. The fourth-order valence-corrected chi connectivity index (χ4v) is 2.20. The van der Waals surface area contributed by atoms with Gasteiger partial charge in [0.1, 0.15) is 5.75 Å². The van der Waals surface area contributed by atoms with E-state index >= 15 is 0 Å². The molecule has 0 fully saturated rings. The lowest BCUT2D eigenvalue weighted by molar-refractivity contribution is -0.118. The Bertz CT molecular complexity index is 461. The van der Waals surface area contributed by atoms with Gasteiger partial charge < -0.3 is 15.8 Å². The van der Waals surface area contributed by atoms with Gasteiger partial charge in [-0.15, -0.1) is 0 Å². The first-order valence-corrected chi connectivity index (χ1v) is 6.70. The number of nitrogens with two attached hydrogens (primary N) is 1.